The van der Waals surface area contributed by atoms with E-state index in [1.54, 1.807) is 18.2 Å². The first-order valence-corrected chi connectivity index (χ1v) is 14.0. The molecule has 0 bridgehead atoms. The number of hydrogen-bond donors (Lipinski definition) is 0. The molecule has 0 aromatic heterocycles. The van der Waals surface area contributed by atoms with E-state index in [0.29, 0.717) is 39.8 Å². The third kappa shape index (κ3) is 6.51. The van der Waals surface area contributed by atoms with Gasteiger partial charge in [-0.15, -0.1) is 0 Å². The lowest BCUT2D eigenvalue weighted by Gasteiger charge is -2.40. The van der Waals surface area contributed by atoms with Crippen molar-refractivity contribution in [1.82, 2.24) is 9.80 Å². The van der Waals surface area contributed by atoms with Gasteiger partial charge in [-0.3, -0.25) is 9.59 Å². The number of halogens is 2. The number of carbonyl (C=O) groups excluding carboxylic acids is 2. The molecule has 0 saturated carbocycles. The summed E-state index contributed by atoms with van der Waals surface area (Å²) in [5.41, 5.74) is 2.30. The Labute approximate surface area is 234 Å². The van der Waals surface area contributed by atoms with Gasteiger partial charge in [0.25, 0.3) is 11.8 Å². The van der Waals surface area contributed by atoms with Gasteiger partial charge in [-0.05, 0) is 85.5 Å². The monoisotopic (exact) mass is 550 g/mol. The minimum Gasteiger partial charge on any atom is -0.487 e. The molecule has 7 heteroatoms. The van der Waals surface area contributed by atoms with E-state index in [-0.39, 0.29) is 11.8 Å². The first-order valence-electron chi connectivity index (χ1n) is 13.3. The van der Waals surface area contributed by atoms with Gasteiger partial charge >= 0.3 is 0 Å². The Morgan fingerprint density at radius 3 is 2.18 bits per heavy atom. The smallest absolute Gasteiger partial charge is 0.253 e. The Kier molecular flexibility index (Phi) is 8.55. The van der Waals surface area contributed by atoms with Crippen LogP contribution in [0.25, 0.3) is 0 Å². The summed E-state index contributed by atoms with van der Waals surface area (Å²) in [6, 6.07) is 22.2. The van der Waals surface area contributed by atoms with Gasteiger partial charge in [0.2, 0.25) is 0 Å². The zero-order valence-corrected chi connectivity index (χ0v) is 22.8. The largest absolute Gasteiger partial charge is 0.487 e. The standard InChI is InChI=1S/C31H32Cl2N2O3/c32-27-8-4-5-23(17-27)21-38-29-12-11-26(18-28(29)33)31(37)35-19-24(20-35)10-9-22-13-15-34(16-14-22)30(36)25-6-2-1-3-7-25/h1-8,11-12,17-18,22,24H,9-10,13-16,19-21H2. The van der Waals surface area contributed by atoms with E-state index in [9.17, 15) is 9.59 Å². The zero-order valence-electron chi connectivity index (χ0n) is 21.3. The summed E-state index contributed by atoms with van der Waals surface area (Å²) < 4.78 is 5.82. The molecule has 5 rings (SSSR count). The molecule has 0 radical (unpaired) electrons. The Bertz CT molecular complexity index is 1270. The van der Waals surface area contributed by atoms with Crippen LogP contribution >= 0.6 is 23.2 Å². The maximum absolute atomic E-state index is 13.0. The zero-order chi connectivity index (χ0) is 26.5. The molecule has 0 aliphatic carbocycles. The first kappa shape index (κ1) is 26.6. The number of piperidine rings is 1. The number of carbonyl (C=O) groups is 2. The van der Waals surface area contributed by atoms with E-state index in [2.05, 4.69) is 0 Å². The molecule has 2 amide bonds. The summed E-state index contributed by atoms with van der Waals surface area (Å²) >= 11 is 12.4. The van der Waals surface area contributed by atoms with E-state index in [1.807, 2.05) is 64.4 Å². The summed E-state index contributed by atoms with van der Waals surface area (Å²) in [5.74, 6) is 1.88. The lowest BCUT2D eigenvalue weighted by molar-refractivity contribution is 0.0461. The van der Waals surface area contributed by atoms with E-state index < -0.39 is 0 Å². The van der Waals surface area contributed by atoms with Gasteiger partial charge in [-0.25, -0.2) is 0 Å². The van der Waals surface area contributed by atoms with E-state index >= 15 is 0 Å². The van der Waals surface area contributed by atoms with Gasteiger partial charge in [0.05, 0.1) is 5.02 Å². The van der Waals surface area contributed by atoms with Crippen molar-refractivity contribution < 1.29 is 14.3 Å². The van der Waals surface area contributed by atoms with Crippen LogP contribution in [0.15, 0.2) is 72.8 Å². The molecule has 2 heterocycles. The highest BCUT2D eigenvalue weighted by atomic mass is 35.5. The molecular formula is C31H32Cl2N2O3. The van der Waals surface area contributed by atoms with Crippen molar-refractivity contribution in [3.05, 3.63) is 99.5 Å². The van der Waals surface area contributed by atoms with Crippen molar-refractivity contribution in [2.75, 3.05) is 26.2 Å². The number of hydrogen-bond acceptors (Lipinski definition) is 3. The van der Waals surface area contributed by atoms with Crippen LogP contribution in [0.1, 0.15) is 52.0 Å². The van der Waals surface area contributed by atoms with Crippen LogP contribution in [0.4, 0.5) is 0 Å². The Hall–Kier alpha value is -3.02. The van der Waals surface area contributed by atoms with Crippen LogP contribution in [0.2, 0.25) is 10.0 Å². The number of likely N-dealkylation sites (tertiary alicyclic amines) is 2. The number of nitrogens with zero attached hydrogens (tertiary/aromatic N) is 2. The fraction of sp³-hybridized carbons (Fsp3) is 0.355. The highest BCUT2D eigenvalue weighted by molar-refractivity contribution is 6.32. The molecule has 2 saturated heterocycles. The van der Waals surface area contributed by atoms with Crippen LogP contribution in [0.5, 0.6) is 5.75 Å². The van der Waals surface area contributed by atoms with Crippen molar-refractivity contribution in [2.45, 2.75) is 32.3 Å². The van der Waals surface area contributed by atoms with Gasteiger partial charge in [0, 0.05) is 42.3 Å². The number of rotatable bonds is 8. The van der Waals surface area contributed by atoms with E-state index in [4.69, 9.17) is 27.9 Å². The summed E-state index contributed by atoms with van der Waals surface area (Å²) in [6.07, 6.45) is 4.39. The molecule has 3 aromatic rings. The molecule has 0 atom stereocenters. The predicted octanol–water partition coefficient (Wildman–Crippen LogP) is 6.98. The van der Waals surface area contributed by atoms with Gasteiger partial charge < -0.3 is 14.5 Å². The van der Waals surface area contributed by atoms with E-state index in [1.165, 1.54) is 0 Å². The van der Waals surface area contributed by atoms with Crippen LogP contribution in [0, 0.1) is 11.8 Å². The van der Waals surface area contributed by atoms with Crippen molar-refractivity contribution >= 4 is 35.0 Å². The maximum Gasteiger partial charge on any atom is 0.253 e. The SMILES string of the molecule is O=C(c1ccccc1)N1CCC(CCC2CN(C(=O)c3ccc(OCc4cccc(Cl)c4)c(Cl)c3)C2)CC1. The third-order valence-corrected chi connectivity index (χ3v) is 8.14. The minimum absolute atomic E-state index is 0.0114. The molecule has 5 nitrogen and oxygen atoms in total. The molecule has 198 valence electrons. The first-order chi connectivity index (χ1) is 18.5. The summed E-state index contributed by atoms with van der Waals surface area (Å²) in [5, 5.41) is 1.08. The van der Waals surface area contributed by atoms with Crippen LogP contribution in [-0.4, -0.2) is 47.8 Å². The lowest BCUT2D eigenvalue weighted by atomic mass is 9.85. The van der Waals surface area contributed by atoms with Crippen molar-refractivity contribution in [1.29, 1.82) is 0 Å². The summed E-state index contributed by atoms with van der Waals surface area (Å²) in [6.45, 7) is 3.58. The average molecular weight is 552 g/mol. The van der Waals surface area contributed by atoms with Gasteiger partial charge in [0.15, 0.2) is 0 Å². The second-order valence-corrected chi connectivity index (χ2v) is 11.2. The van der Waals surface area contributed by atoms with Gasteiger partial charge in [-0.2, -0.15) is 0 Å². The number of ether oxygens (including phenoxy) is 1. The van der Waals surface area contributed by atoms with Gasteiger partial charge in [-0.1, -0.05) is 53.5 Å². The summed E-state index contributed by atoms with van der Waals surface area (Å²) in [4.78, 5) is 29.5. The molecule has 3 aromatic carbocycles. The molecule has 38 heavy (non-hydrogen) atoms. The molecular weight excluding hydrogens is 519 g/mol. The normalized spacial score (nSPS) is 16.3. The van der Waals surface area contributed by atoms with E-state index in [0.717, 1.165) is 63.0 Å². The van der Waals surface area contributed by atoms with Crippen LogP contribution < -0.4 is 4.74 Å². The minimum atomic E-state index is 0.0114. The second-order valence-electron chi connectivity index (χ2n) is 10.3. The van der Waals surface area contributed by atoms with Crippen molar-refractivity contribution in [3.8, 4) is 5.75 Å². The Morgan fingerprint density at radius 1 is 0.763 bits per heavy atom. The maximum atomic E-state index is 13.0. The highest BCUT2D eigenvalue weighted by Gasteiger charge is 2.32. The fourth-order valence-corrected chi connectivity index (χ4v) is 5.75. The number of amides is 2. The second kappa shape index (κ2) is 12.2. The number of benzene rings is 3. The molecule has 0 N–H and O–H groups in total. The average Bonchev–Trinajstić information content (AvgIpc) is 2.92. The molecule has 0 unspecified atom stereocenters. The molecule has 2 aliphatic rings. The van der Waals surface area contributed by atoms with Crippen LogP contribution in [0.3, 0.4) is 0 Å². The lowest BCUT2D eigenvalue weighted by Crippen LogP contribution is -2.50. The summed E-state index contributed by atoms with van der Waals surface area (Å²) in [7, 11) is 0. The Morgan fingerprint density at radius 2 is 1.47 bits per heavy atom. The molecule has 2 aliphatic heterocycles. The topological polar surface area (TPSA) is 49.9 Å². The van der Waals surface area contributed by atoms with Crippen molar-refractivity contribution in [2.24, 2.45) is 11.8 Å². The van der Waals surface area contributed by atoms with Gasteiger partial charge in [0.1, 0.15) is 12.4 Å². The highest BCUT2D eigenvalue weighted by Crippen LogP contribution is 2.31. The molecule has 2 fully saturated rings. The Balaban J connectivity index is 1.03. The van der Waals surface area contributed by atoms with Crippen LogP contribution in [-0.2, 0) is 6.61 Å². The fourth-order valence-electron chi connectivity index (χ4n) is 5.30. The quantitative estimate of drug-likeness (QED) is 0.304. The third-order valence-electron chi connectivity index (χ3n) is 7.61. The predicted molar refractivity (Wildman–Crippen MR) is 151 cm³/mol. The molecule has 0 spiro atoms. The van der Waals surface area contributed by atoms with Crippen molar-refractivity contribution in [3.63, 3.8) is 0 Å².